The molecular formula is C6H8IN. The van der Waals surface area contributed by atoms with Crippen molar-refractivity contribution in [1.29, 1.82) is 0 Å². The van der Waals surface area contributed by atoms with Gasteiger partial charge >= 0.3 is 0 Å². The fourth-order valence-electron chi connectivity index (χ4n) is 0.313. The molecule has 0 aliphatic carbocycles. The molecule has 1 heterocycles. The lowest BCUT2D eigenvalue weighted by molar-refractivity contribution is 1.33. The van der Waals surface area contributed by atoms with Crippen LogP contribution in [0.15, 0.2) is 30.6 Å². The van der Waals surface area contributed by atoms with Crippen LogP contribution in [-0.2, 0) is 0 Å². The van der Waals surface area contributed by atoms with Gasteiger partial charge in [0, 0.05) is 12.4 Å². The van der Waals surface area contributed by atoms with Crippen LogP contribution in [0.3, 0.4) is 0 Å². The number of hydrogen-bond acceptors (Lipinski definition) is 1. The Morgan fingerprint density at radius 2 is 1.50 bits per heavy atom. The standard InChI is InChI=1S/C5H5N.CH3I/c1-2-4-6-5-3-1;1-2/h1-5H;1H3. The molecule has 0 saturated heterocycles. The molecule has 0 bridgehead atoms. The molecule has 0 saturated carbocycles. The number of rotatable bonds is 0. The van der Waals surface area contributed by atoms with E-state index in [9.17, 15) is 0 Å². The van der Waals surface area contributed by atoms with Gasteiger partial charge in [0.1, 0.15) is 0 Å². The number of halogens is 1. The van der Waals surface area contributed by atoms with Crippen LogP contribution in [0.1, 0.15) is 0 Å². The van der Waals surface area contributed by atoms with Crippen LogP contribution in [0.5, 0.6) is 0 Å². The Kier molecular flexibility index (Phi) is 6.78. The molecule has 0 amide bonds. The second-order valence-electron chi connectivity index (χ2n) is 1.02. The molecule has 0 fully saturated rings. The highest BCUT2D eigenvalue weighted by molar-refractivity contribution is 14.1. The SMILES string of the molecule is CI.c1ccncc1. The van der Waals surface area contributed by atoms with Crippen LogP contribution in [0.2, 0.25) is 0 Å². The molecule has 1 aromatic heterocycles. The molecular weight excluding hydrogens is 213 g/mol. The highest BCUT2D eigenvalue weighted by atomic mass is 127. The maximum atomic E-state index is 3.78. The van der Waals surface area contributed by atoms with Crippen molar-refractivity contribution in [1.82, 2.24) is 4.98 Å². The van der Waals surface area contributed by atoms with Gasteiger partial charge in [0.05, 0.1) is 0 Å². The molecule has 0 aliphatic rings. The molecule has 1 aromatic rings. The van der Waals surface area contributed by atoms with E-state index in [1.54, 1.807) is 12.4 Å². The third kappa shape index (κ3) is 4.05. The number of alkyl halides is 1. The second-order valence-corrected chi connectivity index (χ2v) is 1.02. The first-order valence-electron chi connectivity index (χ1n) is 2.23. The summed E-state index contributed by atoms with van der Waals surface area (Å²) in [6.45, 7) is 0. The van der Waals surface area contributed by atoms with Crippen LogP contribution in [-0.4, -0.2) is 9.91 Å². The summed E-state index contributed by atoms with van der Waals surface area (Å²) in [5.74, 6) is 0. The van der Waals surface area contributed by atoms with E-state index < -0.39 is 0 Å². The van der Waals surface area contributed by atoms with Crippen molar-refractivity contribution in [2.75, 3.05) is 4.93 Å². The van der Waals surface area contributed by atoms with E-state index in [-0.39, 0.29) is 0 Å². The monoisotopic (exact) mass is 221 g/mol. The third-order valence-electron chi connectivity index (χ3n) is 0.566. The average Bonchev–Trinajstić information content (AvgIpc) is 1.96. The highest BCUT2D eigenvalue weighted by Crippen LogP contribution is 1.73. The van der Waals surface area contributed by atoms with E-state index >= 15 is 0 Å². The lowest BCUT2D eigenvalue weighted by atomic mass is 10.5. The predicted octanol–water partition coefficient (Wildman–Crippen LogP) is 2.13. The van der Waals surface area contributed by atoms with Gasteiger partial charge in [0.2, 0.25) is 0 Å². The summed E-state index contributed by atoms with van der Waals surface area (Å²) in [5.41, 5.74) is 0. The van der Waals surface area contributed by atoms with E-state index in [0.717, 1.165) is 0 Å². The minimum atomic E-state index is 1.75. The summed E-state index contributed by atoms with van der Waals surface area (Å²) in [7, 11) is 0. The maximum absolute atomic E-state index is 3.78. The first-order valence-corrected chi connectivity index (χ1v) is 4.39. The number of hydrogen-bond donors (Lipinski definition) is 0. The Morgan fingerprint density at radius 1 is 1.00 bits per heavy atom. The van der Waals surface area contributed by atoms with E-state index in [2.05, 4.69) is 27.6 Å². The molecule has 1 nitrogen and oxygen atoms in total. The van der Waals surface area contributed by atoms with Gasteiger partial charge in [-0.1, -0.05) is 28.7 Å². The number of pyridine rings is 1. The first kappa shape index (κ1) is 7.88. The number of aromatic nitrogens is 1. The van der Waals surface area contributed by atoms with Gasteiger partial charge in [0.25, 0.3) is 0 Å². The second kappa shape index (κ2) is 6.88. The van der Waals surface area contributed by atoms with Crippen LogP contribution in [0.4, 0.5) is 0 Å². The molecule has 0 atom stereocenters. The van der Waals surface area contributed by atoms with Gasteiger partial charge in [-0.25, -0.2) is 0 Å². The van der Waals surface area contributed by atoms with Crippen LogP contribution >= 0.6 is 22.6 Å². The van der Waals surface area contributed by atoms with Crippen molar-refractivity contribution in [2.24, 2.45) is 0 Å². The van der Waals surface area contributed by atoms with Crippen molar-refractivity contribution in [3.63, 3.8) is 0 Å². The molecule has 0 radical (unpaired) electrons. The van der Waals surface area contributed by atoms with Crippen LogP contribution in [0, 0.1) is 0 Å². The Hall–Kier alpha value is -0.120. The number of nitrogens with zero attached hydrogens (tertiary/aromatic N) is 1. The smallest absolute Gasteiger partial charge is 0.0267 e. The van der Waals surface area contributed by atoms with Gasteiger partial charge in [-0.3, -0.25) is 4.98 Å². The van der Waals surface area contributed by atoms with Crippen LogP contribution < -0.4 is 0 Å². The van der Waals surface area contributed by atoms with E-state index in [0.29, 0.717) is 0 Å². The zero-order valence-corrected chi connectivity index (χ0v) is 6.87. The van der Waals surface area contributed by atoms with Gasteiger partial charge in [-0.2, -0.15) is 0 Å². The van der Waals surface area contributed by atoms with Crippen LogP contribution in [0.25, 0.3) is 0 Å². The van der Waals surface area contributed by atoms with Crippen molar-refractivity contribution in [3.05, 3.63) is 30.6 Å². The van der Waals surface area contributed by atoms with E-state index in [1.165, 1.54) is 0 Å². The summed E-state index contributed by atoms with van der Waals surface area (Å²) < 4.78 is 0. The van der Waals surface area contributed by atoms with Gasteiger partial charge < -0.3 is 0 Å². The van der Waals surface area contributed by atoms with Crippen molar-refractivity contribution < 1.29 is 0 Å². The zero-order chi connectivity index (χ0) is 6.24. The largest absolute Gasteiger partial charge is 0.265 e. The lowest BCUT2D eigenvalue weighted by Gasteiger charge is -1.70. The molecule has 1 rings (SSSR count). The molecule has 0 spiro atoms. The molecule has 2 heteroatoms. The summed E-state index contributed by atoms with van der Waals surface area (Å²) in [6.07, 6.45) is 3.50. The van der Waals surface area contributed by atoms with Gasteiger partial charge in [0.15, 0.2) is 0 Å². The van der Waals surface area contributed by atoms with E-state index in [1.807, 2.05) is 23.1 Å². The van der Waals surface area contributed by atoms with E-state index in [4.69, 9.17) is 0 Å². The zero-order valence-electron chi connectivity index (χ0n) is 4.71. The fraction of sp³-hybridized carbons (Fsp3) is 0.167. The molecule has 0 N–H and O–H groups in total. The van der Waals surface area contributed by atoms with Crippen molar-refractivity contribution in [2.45, 2.75) is 0 Å². The third-order valence-corrected chi connectivity index (χ3v) is 0.566. The molecule has 0 aromatic carbocycles. The summed E-state index contributed by atoms with van der Waals surface area (Å²) in [4.78, 5) is 5.75. The predicted molar refractivity (Wildman–Crippen MR) is 44.2 cm³/mol. The lowest BCUT2D eigenvalue weighted by Crippen LogP contribution is -1.58. The topological polar surface area (TPSA) is 12.9 Å². The summed E-state index contributed by atoms with van der Waals surface area (Å²) >= 11 is 2.15. The Balaban J connectivity index is 0.000000222. The van der Waals surface area contributed by atoms with Gasteiger partial charge in [-0.05, 0) is 17.1 Å². The Morgan fingerprint density at radius 3 is 1.62 bits per heavy atom. The Bertz CT molecular complexity index is 80.5. The normalized spacial score (nSPS) is 6.75. The quantitative estimate of drug-likeness (QED) is 0.483. The molecule has 0 unspecified atom stereocenters. The molecule has 8 heavy (non-hydrogen) atoms. The van der Waals surface area contributed by atoms with Crippen molar-refractivity contribution >= 4 is 22.6 Å². The summed E-state index contributed by atoms with van der Waals surface area (Å²) in [6, 6.07) is 5.72. The Labute approximate surface area is 63.3 Å². The average molecular weight is 221 g/mol. The van der Waals surface area contributed by atoms with Crippen molar-refractivity contribution in [3.8, 4) is 0 Å². The molecule has 0 aliphatic heterocycles. The minimum Gasteiger partial charge on any atom is -0.265 e. The maximum Gasteiger partial charge on any atom is 0.0267 e. The van der Waals surface area contributed by atoms with Gasteiger partial charge in [-0.15, -0.1) is 0 Å². The fourth-order valence-corrected chi connectivity index (χ4v) is 0.313. The minimum absolute atomic E-state index is 1.75. The molecule has 44 valence electrons. The summed E-state index contributed by atoms with van der Waals surface area (Å²) in [5, 5.41) is 0. The highest BCUT2D eigenvalue weighted by Gasteiger charge is 1.58. The first-order chi connectivity index (χ1) is 4.00.